The third-order valence-electron chi connectivity index (χ3n) is 8.69. The molecule has 0 saturated heterocycles. The predicted molar refractivity (Wildman–Crippen MR) is 169 cm³/mol. The second-order valence-electron chi connectivity index (χ2n) is 11.6. The molecule has 3 aromatic carbocycles. The Kier molecular flexibility index (Phi) is 7.15. The third-order valence-corrected chi connectivity index (χ3v) is 8.92. The lowest BCUT2D eigenvalue weighted by atomic mass is 9.93. The van der Waals surface area contributed by atoms with E-state index in [2.05, 4.69) is 28.2 Å². The molecule has 0 radical (unpaired) electrons. The number of carbonyl (C=O) groups excluding carboxylic acids is 1. The molecule has 1 N–H and O–H groups in total. The van der Waals surface area contributed by atoms with Crippen LogP contribution in [0.25, 0.3) is 22.3 Å². The first-order chi connectivity index (χ1) is 21.0. The molecule has 1 aliphatic heterocycles. The quantitative estimate of drug-likeness (QED) is 0.239. The van der Waals surface area contributed by atoms with Crippen LogP contribution in [-0.2, 0) is 29.6 Å². The molecule has 43 heavy (non-hydrogen) atoms. The summed E-state index contributed by atoms with van der Waals surface area (Å²) in [5.41, 5.74) is 7.09. The Balaban J connectivity index is 1.12. The zero-order valence-corrected chi connectivity index (χ0v) is 24.5. The molecule has 214 valence electrons. The van der Waals surface area contributed by atoms with E-state index in [1.807, 2.05) is 79.1 Å². The van der Waals surface area contributed by atoms with Gasteiger partial charge in [-0.05, 0) is 71.7 Å². The number of pyridine rings is 1. The van der Waals surface area contributed by atoms with E-state index in [4.69, 9.17) is 16.6 Å². The molecule has 7 rings (SSSR count). The van der Waals surface area contributed by atoms with Crippen LogP contribution in [0.5, 0.6) is 0 Å². The zero-order chi connectivity index (χ0) is 29.4. The van der Waals surface area contributed by atoms with E-state index in [9.17, 15) is 9.59 Å². The van der Waals surface area contributed by atoms with Gasteiger partial charge in [0, 0.05) is 29.5 Å². The van der Waals surface area contributed by atoms with Crippen molar-refractivity contribution in [3.63, 3.8) is 0 Å². The molecule has 0 bridgehead atoms. The Bertz CT molecular complexity index is 1880. The first-order valence-electron chi connectivity index (χ1n) is 14.7. The molecule has 1 fully saturated rings. The van der Waals surface area contributed by atoms with Crippen molar-refractivity contribution in [3.8, 4) is 22.3 Å². The minimum Gasteiger partial charge on any atom is -0.338 e. The average molecular weight is 587 g/mol. The van der Waals surface area contributed by atoms with Crippen molar-refractivity contribution in [2.45, 2.75) is 44.1 Å². The number of H-pyrrole nitrogens is 1. The fourth-order valence-corrected chi connectivity index (χ4v) is 6.34. The summed E-state index contributed by atoms with van der Waals surface area (Å²) in [6.45, 7) is 0.856. The number of aromatic nitrogens is 3. The van der Waals surface area contributed by atoms with Gasteiger partial charge in [0.25, 0.3) is 5.56 Å². The number of carbonyl (C=O) groups is 1. The first-order valence-corrected chi connectivity index (χ1v) is 15.1. The molecule has 1 saturated carbocycles. The van der Waals surface area contributed by atoms with Gasteiger partial charge in [-0.3, -0.25) is 14.6 Å². The molecule has 2 aromatic heterocycles. The van der Waals surface area contributed by atoms with E-state index in [1.54, 1.807) is 4.90 Å². The van der Waals surface area contributed by atoms with Crippen molar-refractivity contribution < 1.29 is 4.79 Å². The number of hydrogen-bond donors (Lipinski definition) is 1. The van der Waals surface area contributed by atoms with Crippen molar-refractivity contribution >= 4 is 17.5 Å². The summed E-state index contributed by atoms with van der Waals surface area (Å²) < 4.78 is 0. The Hall–Kier alpha value is -4.55. The zero-order valence-electron chi connectivity index (χ0n) is 23.7. The fraction of sp³-hybridized carbons (Fsp3) is 0.222. The number of nitrogens with zero attached hydrogens (tertiary/aromatic N) is 3. The maximum atomic E-state index is 13.5. The van der Waals surface area contributed by atoms with Gasteiger partial charge in [0.1, 0.15) is 5.82 Å². The smallest absolute Gasteiger partial charge is 0.256 e. The van der Waals surface area contributed by atoms with E-state index in [1.165, 1.54) is 0 Å². The SMILES string of the molecule is O=C(Cc1cccc(-c2cccc(Cl)c2)c1)N1CCCc2nc(C3(c4cncc(-c5ccccc5)c4)CC3)[nH]c(=O)c2C1. The van der Waals surface area contributed by atoms with Gasteiger partial charge in [0.2, 0.25) is 5.91 Å². The number of benzene rings is 3. The van der Waals surface area contributed by atoms with Gasteiger partial charge in [0.15, 0.2) is 0 Å². The topological polar surface area (TPSA) is 79.0 Å². The summed E-state index contributed by atoms with van der Waals surface area (Å²) in [5, 5.41) is 0.675. The van der Waals surface area contributed by atoms with Crippen LogP contribution in [0.3, 0.4) is 0 Å². The lowest BCUT2D eigenvalue weighted by Gasteiger charge is -2.21. The first kappa shape index (κ1) is 27.3. The van der Waals surface area contributed by atoms with Crippen molar-refractivity contribution in [1.82, 2.24) is 19.9 Å². The van der Waals surface area contributed by atoms with Crippen LogP contribution in [0.2, 0.25) is 5.02 Å². The number of fused-ring (bicyclic) bond motifs is 1. The van der Waals surface area contributed by atoms with Gasteiger partial charge in [0.05, 0.1) is 29.6 Å². The lowest BCUT2D eigenvalue weighted by molar-refractivity contribution is -0.131. The minimum atomic E-state index is -0.332. The second-order valence-corrected chi connectivity index (χ2v) is 12.0. The molecule has 3 heterocycles. The maximum Gasteiger partial charge on any atom is 0.256 e. The molecule has 0 atom stereocenters. The fourth-order valence-electron chi connectivity index (χ4n) is 6.15. The van der Waals surface area contributed by atoms with Crippen LogP contribution in [0.1, 0.15) is 47.5 Å². The predicted octanol–water partition coefficient (Wildman–Crippen LogP) is 6.75. The highest BCUT2D eigenvalue weighted by molar-refractivity contribution is 6.30. The van der Waals surface area contributed by atoms with Crippen LogP contribution in [0.4, 0.5) is 0 Å². The number of aromatic amines is 1. The van der Waals surface area contributed by atoms with E-state index in [0.29, 0.717) is 29.4 Å². The number of nitrogens with one attached hydrogen (secondary N) is 1. The highest BCUT2D eigenvalue weighted by atomic mass is 35.5. The van der Waals surface area contributed by atoms with Gasteiger partial charge < -0.3 is 9.88 Å². The molecular weight excluding hydrogens is 556 g/mol. The number of hydrogen-bond acceptors (Lipinski definition) is 4. The molecule has 0 spiro atoms. The van der Waals surface area contributed by atoms with Gasteiger partial charge in [-0.2, -0.15) is 0 Å². The summed E-state index contributed by atoms with van der Waals surface area (Å²) in [6, 6.07) is 28.0. The van der Waals surface area contributed by atoms with Crippen LogP contribution in [0, 0.1) is 0 Å². The van der Waals surface area contributed by atoms with E-state index in [0.717, 1.165) is 58.3 Å². The molecule has 0 unspecified atom stereocenters. The normalized spacial score (nSPS) is 15.4. The molecule has 5 aromatic rings. The minimum absolute atomic E-state index is 0.00188. The highest BCUT2D eigenvalue weighted by Gasteiger charge is 2.49. The average Bonchev–Trinajstić information content (AvgIpc) is 3.87. The van der Waals surface area contributed by atoms with E-state index < -0.39 is 0 Å². The summed E-state index contributed by atoms with van der Waals surface area (Å²) in [6.07, 6.45) is 7.28. The molecule has 6 nitrogen and oxygen atoms in total. The number of amides is 1. The van der Waals surface area contributed by atoms with Crippen LogP contribution < -0.4 is 5.56 Å². The van der Waals surface area contributed by atoms with E-state index >= 15 is 0 Å². The van der Waals surface area contributed by atoms with Crippen LogP contribution >= 0.6 is 11.6 Å². The van der Waals surface area contributed by atoms with Crippen molar-refractivity contribution in [2.75, 3.05) is 6.54 Å². The van der Waals surface area contributed by atoms with Gasteiger partial charge in [-0.1, -0.05) is 78.3 Å². The second kappa shape index (κ2) is 11.3. The molecule has 2 aliphatic rings. The Morgan fingerprint density at radius 2 is 1.65 bits per heavy atom. The number of halogens is 1. The van der Waals surface area contributed by atoms with Crippen LogP contribution in [-0.4, -0.2) is 32.3 Å². The monoisotopic (exact) mass is 586 g/mol. The summed E-state index contributed by atoms with van der Waals surface area (Å²) in [4.78, 5) is 41.5. The Morgan fingerprint density at radius 1 is 0.884 bits per heavy atom. The molecular formula is C36H31ClN4O2. The van der Waals surface area contributed by atoms with Crippen molar-refractivity contribution in [2.24, 2.45) is 0 Å². The standard InChI is InChI=1S/C36H31ClN4O2/c37-30-12-5-11-27(20-30)26-10-4-7-24(17-26)18-33(42)41-16-6-13-32-31(23-41)34(43)40-35(39-32)36(14-15-36)29-19-28(21-38-22-29)25-8-2-1-3-9-25/h1-5,7-12,17,19-22H,6,13-16,18,23H2,(H,39,40,43). The summed E-state index contributed by atoms with van der Waals surface area (Å²) in [5.74, 6) is 0.711. The number of aryl methyl sites for hydroxylation is 1. The third kappa shape index (κ3) is 5.51. The molecule has 7 heteroatoms. The maximum absolute atomic E-state index is 13.5. The van der Waals surface area contributed by atoms with E-state index in [-0.39, 0.29) is 29.8 Å². The lowest BCUT2D eigenvalue weighted by Crippen LogP contribution is -2.34. The van der Waals surface area contributed by atoms with Gasteiger partial charge in [-0.25, -0.2) is 4.98 Å². The van der Waals surface area contributed by atoms with Gasteiger partial charge >= 0.3 is 0 Å². The summed E-state index contributed by atoms with van der Waals surface area (Å²) >= 11 is 6.19. The largest absolute Gasteiger partial charge is 0.338 e. The van der Waals surface area contributed by atoms with Gasteiger partial charge in [-0.15, -0.1) is 0 Å². The van der Waals surface area contributed by atoms with Crippen molar-refractivity contribution in [1.29, 1.82) is 0 Å². The number of rotatable bonds is 6. The molecule has 1 aliphatic carbocycles. The highest BCUT2D eigenvalue weighted by Crippen LogP contribution is 2.52. The molecule has 1 amide bonds. The van der Waals surface area contributed by atoms with Crippen LogP contribution in [0.15, 0.2) is 102 Å². The Morgan fingerprint density at radius 3 is 2.44 bits per heavy atom. The Labute approximate surface area is 255 Å². The summed E-state index contributed by atoms with van der Waals surface area (Å²) in [7, 11) is 0. The van der Waals surface area contributed by atoms with Crippen molar-refractivity contribution in [3.05, 3.63) is 141 Å².